The Balaban J connectivity index is 0.000000257. The largest absolute Gasteiger partial charge is 0.392 e. The highest BCUT2D eigenvalue weighted by atomic mass is 35.5. The molecule has 8 aromatic rings. The Morgan fingerprint density at radius 1 is 0.491 bits per heavy atom. The lowest BCUT2D eigenvalue weighted by Gasteiger charge is -2.18. The molecule has 108 heavy (non-hydrogen) atoms. The van der Waals surface area contributed by atoms with Gasteiger partial charge >= 0.3 is 0 Å². The molecule has 5 heterocycles. The fraction of sp³-hybridized carbons (Fsp3) is 0.420. The van der Waals surface area contributed by atoms with Gasteiger partial charge in [0, 0.05) is 96.7 Å². The monoisotopic (exact) mass is 1480 g/mol. The van der Waals surface area contributed by atoms with E-state index in [4.69, 9.17) is 37.7 Å². The molecule has 0 unspecified atom stereocenters. The van der Waals surface area contributed by atoms with Gasteiger partial charge in [-0.15, -0.1) is 0 Å². The fourth-order valence-electron chi connectivity index (χ4n) is 11.4. The third-order valence-electron chi connectivity index (χ3n) is 17.1. The van der Waals surface area contributed by atoms with Gasteiger partial charge in [0.15, 0.2) is 0 Å². The van der Waals surface area contributed by atoms with Gasteiger partial charge in [-0.3, -0.25) is 42.7 Å². The quantitative estimate of drug-likeness (QED) is 0.0413. The summed E-state index contributed by atoms with van der Waals surface area (Å²) < 4.78 is 6.50. The Bertz CT molecular complexity index is 4750. The molecule has 0 spiro atoms. The highest BCUT2D eigenvalue weighted by Crippen LogP contribution is 2.47. The summed E-state index contributed by atoms with van der Waals surface area (Å²) in [6.07, 6.45) is 4.70. The maximum absolute atomic E-state index is 13.5. The normalized spacial score (nSPS) is 13.6. The van der Waals surface area contributed by atoms with Crippen LogP contribution < -0.4 is 21.3 Å². The first-order chi connectivity index (χ1) is 50.0. The molecule has 1 aliphatic heterocycles. The van der Waals surface area contributed by atoms with Crippen molar-refractivity contribution in [1.29, 1.82) is 31.6 Å². The van der Waals surface area contributed by atoms with Gasteiger partial charge in [0.2, 0.25) is 5.91 Å². The molecule has 3 fully saturated rings. The molecule has 4 aromatic carbocycles. The van der Waals surface area contributed by atoms with E-state index in [2.05, 4.69) is 60.8 Å². The molecule has 2 aliphatic carbocycles. The van der Waals surface area contributed by atoms with Crippen molar-refractivity contribution < 1.29 is 34.2 Å². The molecule has 2 atom stereocenters. The summed E-state index contributed by atoms with van der Waals surface area (Å²) in [5, 5.41) is 104. The Hall–Kier alpha value is -11.8. The first-order valence-corrected chi connectivity index (χ1v) is 35.2. The average molecular weight is 1490 g/mol. The molecule has 566 valence electrons. The van der Waals surface area contributed by atoms with Gasteiger partial charge in [-0.1, -0.05) is 89.3 Å². The molecule has 0 radical (unpaired) electrons. The van der Waals surface area contributed by atoms with Crippen LogP contribution in [0.4, 0.5) is 0 Å². The number of nitrogens with one attached hydrogen (secondary N) is 4. The number of halogens is 1. The highest BCUT2D eigenvalue weighted by molar-refractivity contribution is 6.36. The number of aromatic nitrogens is 8. The van der Waals surface area contributed by atoms with Crippen LogP contribution in [0.25, 0.3) is 45.0 Å². The minimum atomic E-state index is -1.07. The summed E-state index contributed by atoms with van der Waals surface area (Å²) in [5.74, 6) is -0.757. The first-order valence-electron chi connectivity index (χ1n) is 34.8. The summed E-state index contributed by atoms with van der Waals surface area (Å²) in [7, 11) is 0. The van der Waals surface area contributed by atoms with Crippen LogP contribution in [0.5, 0.6) is 0 Å². The van der Waals surface area contributed by atoms with E-state index < -0.39 is 23.5 Å². The predicted octanol–water partition coefficient (Wildman–Crippen LogP) is 13.4. The number of nitriles is 6. The van der Waals surface area contributed by atoms with E-state index in [9.17, 15) is 44.7 Å². The smallest absolute Gasteiger partial charge is 0.271 e. The van der Waals surface area contributed by atoms with Crippen molar-refractivity contribution in [2.45, 2.75) is 198 Å². The fourth-order valence-corrected chi connectivity index (χ4v) is 11.8. The maximum Gasteiger partial charge on any atom is 0.271 e. The summed E-state index contributed by atoms with van der Waals surface area (Å²) in [6, 6.07) is 40.2. The molecular weight excluding hydrogens is 1390 g/mol. The van der Waals surface area contributed by atoms with Crippen LogP contribution in [0, 0.1) is 68.0 Å². The van der Waals surface area contributed by atoms with E-state index in [1.54, 1.807) is 110 Å². The third kappa shape index (κ3) is 21.3. The second kappa shape index (κ2) is 38.5. The van der Waals surface area contributed by atoms with Crippen molar-refractivity contribution in [2.75, 3.05) is 26.2 Å². The van der Waals surface area contributed by atoms with Crippen molar-refractivity contribution >= 4 is 41.1 Å². The Morgan fingerprint density at radius 2 is 0.843 bits per heavy atom. The van der Waals surface area contributed by atoms with Crippen LogP contribution in [0.1, 0.15) is 255 Å². The maximum atomic E-state index is 13.5. The van der Waals surface area contributed by atoms with E-state index in [1.807, 2.05) is 96.2 Å². The number of hydrogen-bond donors (Lipinski definition) is 6. The lowest BCUT2D eigenvalue weighted by Crippen LogP contribution is -2.39. The minimum absolute atomic E-state index is 0. The lowest BCUT2D eigenvalue weighted by molar-refractivity contribution is -0.129. The second-order valence-electron chi connectivity index (χ2n) is 27.6. The number of aliphatic hydroxyl groups excluding tert-OH is 1. The second-order valence-corrected chi connectivity index (χ2v) is 28.0. The third-order valence-corrected chi connectivity index (χ3v) is 17.5. The Kier molecular flexibility index (Phi) is 30.9. The number of carbonyl (C=O) groups excluding carboxylic acids is 5. The molecule has 4 aromatic heterocycles. The van der Waals surface area contributed by atoms with E-state index in [-0.39, 0.29) is 112 Å². The zero-order valence-corrected chi connectivity index (χ0v) is 61.7. The SMILES string of the molecule is C.C.C.CC(C)n1nc(-c2ccc(C#N)cc2)c(C#N)c1C(=O)NCC(C)(C)O.CC(C)n1nc(-c2ccc(C#N)cc2)c(C#N)c1C(=O)NC[C@@H](C)O.CC(C)n1nc(-c2ccc(C#N)cc2)c(Cl)c1C(=O)NC1CC1.CCC(=O)N1CC[C@@H](NC(=O)c2c(C3CC3)c(-c3ccc(C#N)cc3)nn2C(C)C)C1. The summed E-state index contributed by atoms with van der Waals surface area (Å²) in [4.78, 5) is 64.9. The van der Waals surface area contributed by atoms with Gasteiger partial charge in [-0.2, -0.15) is 52.0 Å². The standard InChI is InChI=1S/C24H29N5O2.C19H21N5O2.C18H19N5O2.C17H17ClN4O.3CH4/c1-4-20(30)28-12-11-19(14-28)26-24(31)23-21(17-9-10-17)22(27-29(23)15(2)3)18-7-5-16(13-25)6-8-18;1-12(2)24-17(18(25)22-11-19(3,4)26)15(10-21)16(23-24)14-7-5-13(9-20)6-8-14;1-11(2)23-17(18(25)21-10-12(3)24)15(9-20)16(22-23)14-6-4-13(8-19)5-7-14;1-10(2)22-16(17(23)20-13-7-8-13)14(18)15(21-22)12-5-3-11(9-19)4-6-12;;;/h5-8,15,17,19H,4,9-12,14H2,1-3H3,(H,26,31);5-8,12,26H,11H2,1-4H3,(H,22,25);4-7,11-12,24H,10H2,1-3H3,(H,21,25);3-6,10,13H,7-8H2,1-2H3,(H,20,23);3*1H4/t19-;;12-;;;;/m1.1..../s1. The van der Waals surface area contributed by atoms with Crippen LogP contribution >= 0.6 is 11.6 Å². The van der Waals surface area contributed by atoms with E-state index in [1.165, 1.54) is 9.36 Å². The highest BCUT2D eigenvalue weighted by Gasteiger charge is 2.38. The summed E-state index contributed by atoms with van der Waals surface area (Å²) >= 11 is 6.47. The van der Waals surface area contributed by atoms with Crippen LogP contribution in [-0.4, -0.2) is 134 Å². The molecule has 11 rings (SSSR count). The van der Waals surface area contributed by atoms with Gasteiger partial charge in [-0.25, -0.2) is 0 Å². The number of benzene rings is 4. The van der Waals surface area contributed by atoms with E-state index in [0.29, 0.717) is 92.3 Å². The molecule has 3 aliphatic rings. The van der Waals surface area contributed by atoms with Gasteiger partial charge in [-0.05, 0) is 163 Å². The number of amides is 5. The van der Waals surface area contributed by atoms with Crippen molar-refractivity contribution in [3.63, 3.8) is 0 Å². The summed E-state index contributed by atoms with van der Waals surface area (Å²) in [5.41, 5.74) is 8.99. The molecule has 0 bridgehead atoms. The minimum Gasteiger partial charge on any atom is -0.392 e. The lowest BCUT2D eigenvalue weighted by atomic mass is 10.0. The topological polar surface area (TPSA) is 391 Å². The predicted molar refractivity (Wildman–Crippen MR) is 414 cm³/mol. The van der Waals surface area contributed by atoms with Crippen LogP contribution in [-0.2, 0) is 4.79 Å². The number of hydrogen-bond acceptors (Lipinski definition) is 17. The number of nitrogens with zero attached hydrogens (tertiary/aromatic N) is 15. The van der Waals surface area contributed by atoms with Gasteiger partial charge < -0.3 is 36.4 Å². The number of carbonyl (C=O) groups is 5. The molecule has 1 saturated heterocycles. The van der Waals surface area contributed by atoms with Crippen molar-refractivity contribution in [3.8, 4) is 81.4 Å². The average Bonchev–Trinajstić information content (AvgIpc) is 1.60. The zero-order chi connectivity index (χ0) is 76.7. The number of likely N-dealkylation sites (tertiary alicyclic amines) is 1. The Labute approximate surface area is 638 Å². The molecular formula is C81H98ClN19O7. The van der Waals surface area contributed by atoms with Gasteiger partial charge in [0.1, 0.15) is 63.1 Å². The van der Waals surface area contributed by atoms with Crippen LogP contribution in [0.3, 0.4) is 0 Å². The summed E-state index contributed by atoms with van der Waals surface area (Å²) in [6.45, 7) is 23.4. The van der Waals surface area contributed by atoms with Crippen molar-refractivity contribution in [3.05, 3.63) is 164 Å². The molecule has 27 heteroatoms. The first kappa shape index (κ1) is 86.9. The molecule has 5 amide bonds. The van der Waals surface area contributed by atoms with E-state index in [0.717, 1.165) is 54.5 Å². The molecule has 2 saturated carbocycles. The number of rotatable bonds is 20. The van der Waals surface area contributed by atoms with E-state index >= 15 is 0 Å². The number of aliphatic hydroxyl groups is 2. The molecule has 26 nitrogen and oxygen atoms in total. The van der Waals surface area contributed by atoms with Gasteiger partial charge in [0.05, 0.1) is 69.0 Å². The van der Waals surface area contributed by atoms with Crippen LogP contribution in [0.2, 0.25) is 5.02 Å². The van der Waals surface area contributed by atoms with Gasteiger partial charge in [0.25, 0.3) is 23.6 Å². The van der Waals surface area contributed by atoms with Crippen molar-refractivity contribution in [1.82, 2.24) is 65.3 Å². The molecule has 6 N–H and O–H groups in total. The van der Waals surface area contributed by atoms with Crippen molar-refractivity contribution in [2.24, 2.45) is 0 Å². The zero-order valence-electron chi connectivity index (χ0n) is 60.9. The van der Waals surface area contributed by atoms with Crippen LogP contribution in [0.15, 0.2) is 97.1 Å². The Morgan fingerprint density at radius 3 is 1.20 bits per heavy atom.